The monoisotopic (exact) mass is 630 g/mol. The fourth-order valence-corrected chi connectivity index (χ4v) is 7.01. The number of halogens is 3. The number of alkyl halides is 3. The van der Waals surface area contributed by atoms with E-state index in [1.807, 2.05) is 0 Å². The first kappa shape index (κ1) is 31.1. The number of hydrogen-bond donors (Lipinski definition) is 0. The fourth-order valence-electron chi connectivity index (χ4n) is 4.57. The summed E-state index contributed by atoms with van der Waals surface area (Å²) in [5, 5.41) is 9.36. The van der Waals surface area contributed by atoms with Crippen molar-refractivity contribution in [2.75, 3.05) is 18.3 Å². The van der Waals surface area contributed by atoms with E-state index >= 15 is 0 Å². The van der Waals surface area contributed by atoms with Gasteiger partial charge in [0.25, 0.3) is 10.0 Å². The first-order chi connectivity index (χ1) is 20.1. The first-order valence-electron chi connectivity index (χ1n) is 12.1. The molecule has 0 fully saturated rings. The number of anilines is 1. The molecule has 10 nitrogen and oxygen atoms in total. The molecule has 43 heavy (non-hydrogen) atoms. The lowest BCUT2D eigenvalue weighted by Crippen LogP contribution is -2.52. The fraction of sp³-hybridized carbons (Fsp3) is 0.179. The molecule has 0 spiro atoms. The van der Waals surface area contributed by atoms with Crippen molar-refractivity contribution in [1.82, 2.24) is 4.31 Å². The van der Waals surface area contributed by atoms with E-state index in [0.29, 0.717) is 11.0 Å². The van der Waals surface area contributed by atoms with Gasteiger partial charge in [0.2, 0.25) is 5.70 Å². The van der Waals surface area contributed by atoms with Gasteiger partial charge in [0.1, 0.15) is 11.8 Å². The van der Waals surface area contributed by atoms with Crippen molar-refractivity contribution in [3.8, 4) is 11.8 Å². The molecule has 3 aromatic rings. The van der Waals surface area contributed by atoms with Gasteiger partial charge in [-0.2, -0.15) is 18.4 Å². The molecule has 1 heterocycles. The Balaban J connectivity index is 2.10. The van der Waals surface area contributed by atoms with Gasteiger partial charge in [-0.1, -0.05) is 12.1 Å². The third kappa shape index (κ3) is 5.64. The van der Waals surface area contributed by atoms with E-state index in [-0.39, 0.29) is 32.6 Å². The molecular weight excluding hydrogens is 609 g/mol. The Kier molecular flexibility index (Phi) is 8.02. The lowest BCUT2D eigenvalue weighted by molar-refractivity contribution is -0.137. The molecule has 0 saturated heterocycles. The third-order valence-corrected chi connectivity index (χ3v) is 9.49. The average molecular weight is 631 g/mol. The van der Waals surface area contributed by atoms with Gasteiger partial charge in [-0.25, -0.2) is 30.8 Å². The Morgan fingerprint density at radius 2 is 1.67 bits per heavy atom. The zero-order valence-corrected chi connectivity index (χ0v) is 24.2. The molecule has 0 radical (unpaired) electrons. The maximum atomic E-state index is 14.2. The van der Waals surface area contributed by atoms with Crippen molar-refractivity contribution in [3.63, 3.8) is 0 Å². The molecule has 0 bridgehead atoms. The summed E-state index contributed by atoms with van der Waals surface area (Å²) in [5.41, 5.74) is -2.59. The topological polar surface area (TPSA) is 129 Å². The van der Waals surface area contributed by atoms with Crippen molar-refractivity contribution in [2.24, 2.45) is 0 Å². The summed E-state index contributed by atoms with van der Waals surface area (Å²) in [6.45, 7) is 9.17. The minimum atomic E-state index is -4.93. The summed E-state index contributed by atoms with van der Waals surface area (Å²) in [7, 11) is -7.77. The highest BCUT2D eigenvalue weighted by molar-refractivity contribution is 7.91. The van der Waals surface area contributed by atoms with Crippen molar-refractivity contribution in [1.29, 1.82) is 5.26 Å². The van der Waals surface area contributed by atoms with Crippen LogP contribution in [0.15, 0.2) is 87.9 Å². The van der Waals surface area contributed by atoms with Crippen molar-refractivity contribution >= 4 is 31.6 Å². The standard InChI is InChI=1S/C28H21F3N4O6S2/c1-17-25(33-2)26(23-13-8-18(16-32)14-24(23)42(4,37)38)35(43(39,40)22-11-9-21(41-3)10-12-22)27(36)34(17)20-7-5-6-19(15-20)28(29,30)31/h5-15,26H,1,3-4H3/t26-/m1/s1. The molecule has 4 rings (SSSR count). The smallest absolute Gasteiger partial charge is 0.416 e. The van der Waals surface area contributed by atoms with Gasteiger partial charge in [0, 0.05) is 17.6 Å². The average Bonchev–Trinajstić information content (AvgIpc) is 2.95. The van der Waals surface area contributed by atoms with E-state index in [2.05, 4.69) is 4.85 Å². The van der Waals surface area contributed by atoms with E-state index in [0.717, 1.165) is 48.7 Å². The van der Waals surface area contributed by atoms with Gasteiger partial charge >= 0.3 is 12.2 Å². The number of rotatable bonds is 6. The molecule has 0 unspecified atom stereocenters. The van der Waals surface area contributed by atoms with Crippen LogP contribution in [0.3, 0.4) is 0 Å². The Bertz CT molecular complexity index is 1960. The number of amides is 2. The highest BCUT2D eigenvalue weighted by Gasteiger charge is 2.48. The number of ether oxygens (including phenoxy) is 1. The zero-order chi connectivity index (χ0) is 31.9. The molecule has 1 aliphatic rings. The molecular formula is C28H21F3N4O6S2. The predicted octanol–water partition coefficient (Wildman–Crippen LogP) is 5.51. The van der Waals surface area contributed by atoms with E-state index < -0.39 is 59.2 Å². The number of sulfone groups is 1. The lowest BCUT2D eigenvalue weighted by Gasteiger charge is -2.41. The Hall–Kier alpha value is -4.86. The second-order valence-electron chi connectivity index (χ2n) is 9.26. The van der Waals surface area contributed by atoms with E-state index in [1.165, 1.54) is 32.2 Å². The van der Waals surface area contributed by atoms with Crippen LogP contribution in [0.2, 0.25) is 0 Å². The molecule has 2 amide bonds. The molecule has 222 valence electrons. The number of carbonyl (C=O) groups is 1. The van der Waals surface area contributed by atoms with Crippen LogP contribution in [0, 0.1) is 17.9 Å². The largest absolute Gasteiger partial charge is 0.497 e. The molecule has 0 saturated carbocycles. The van der Waals surface area contributed by atoms with Gasteiger partial charge in [-0.05, 0) is 67.1 Å². The van der Waals surface area contributed by atoms with Crippen LogP contribution in [-0.4, -0.2) is 40.5 Å². The number of nitriles is 1. The lowest BCUT2D eigenvalue weighted by atomic mass is 9.98. The molecule has 1 aliphatic heterocycles. The predicted molar refractivity (Wildman–Crippen MR) is 148 cm³/mol. The quantitative estimate of drug-likeness (QED) is 0.329. The zero-order valence-electron chi connectivity index (χ0n) is 22.6. The highest BCUT2D eigenvalue weighted by Crippen LogP contribution is 2.45. The molecule has 1 atom stereocenters. The molecule has 0 N–H and O–H groups in total. The van der Waals surface area contributed by atoms with Crippen LogP contribution in [-0.2, 0) is 26.0 Å². The molecule has 3 aromatic carbocycles. The second-order valence-corrected chi connectivity index (χ2v) is 13.1. The molecule has 15 heteroatoms. The Morgan fingerprint density at radius 3 is 2.21 bits per heavy atom. The molecule has 0 aromatic heterocycles. The SMILES string of the molecule is [C-]#[N+]C1=C(C)N(c2cccc(C(F)(F)F)c2)C(=O)N(S(=O)(=O)c2ccc(OC)cc2)[C@@H]1c1ccc(C#N)cc1S(C)(=O)=O. The maximum absolute atomic E-state index is 14.2. The number of carbonyl (C=O) groups excluding carboxylic acids is 1. The van der Waals surface area contributed by atoms with Crippen LogP contribution >= 0.6 is 0 Å². The minimum absolute atomic E-state index is 0.0912. The first-order valence-corrected chi connectivity index (χ1v) is 15.4. The summed E-state index contributed by atoms with van der Waals surface area (Å²) in [5.74, 6) is 0.273. The van der Waals surface area contributed by atoms with Crippen LogP contribution in [0.1, 0.15) is 29.7 Å². The summed E-state index contributed by atoms with van der Waals surface area (Å²) in [4.78, 5) is 17.3. The third-order valence-electron chi connectivity index (χ3n) is 6.58. The van der Waals surface area contributed by atoms with Gasteiger partial charge < -0.3 is 4.74 Å². The van der Waals surface area contributed by atoms with Gasteiger partial charge in [-0.3, -0.25) is 4.90 Å². The number of methoxy groups -OCH3 is 1. The summed E-state index contributed by atoms with van der Waals surface area (Å²) >= 11 is 0. The van der Waals surface area contributed by atoms with Crippen LogP contribution in [0.4, 0.5) is 23.7 Å². The summed E-state index contributed by atoms with van der Waals surface area (Å²) in [6.07, 6.45) is -4.00. The van der Waals surface area contributed by atoms with Crippen LogP contribution < -0.4 is 9.64 Å². The Labute approximate surface area is 245 Å². The van der Waals surface area contributed by atoms with E-state index in [1.54, 1.807) is 6.07 Å². The highest BCUT2D eigenvalue weighted by atomic mass is 32.2. The number of hydrogen-bond acceptors (Lipinski definition) is 7. The number of urea groups is 1. The Morgan fingerprint density at radius 1 is 1.02 bits per heavy atom. The number of sulfonamides is 1. The van der Waals surface area contributed by atoms with E-state index in [4.69, 9.17) is 11.3 Å². The normalized spacial score (nSPS) is 16.1. The van der Waals surface area contributed by atoms with Gasteiger partial charge in [0.05, 0.1) is 40.7 Å². The molecule has 0 aliphatic carbocycles. The number of allylic oxidation sites excluding steroid dienone is 1. The summed E-state index contributed by atoms with van der Waals surface area (Å²) < 4.78 is 100. The second kappa shape index (κ2) is 11.1. The maximum Gasteiger partial charge on any atom is 0.416 e. The van der Waals surface area contributed by atoms with Crippen LogP contribution in [0.25, 0.3) is 4.85 Å². The van der Waals surface area contributed by atoms with Crippen LogP contribution in [0.5, 0.6) is 5.75 Å². The summed E-state index contributed by atoms with van der Waals surface area (Å²) in [6, 6.07) is 10.2. The van der Waals surface area contributed by atoms with Gasteiger partial charge in [0.15, 0.2) is 9.84 Å². The number of benzene rings is 3. The van der Waals surface area contributed by atoms with Crippen molar-refractivity contribution in [2.45, 2.75) is 28.9 Å². The minimum Gasteiger partial charge on any atom is -0.497 e. The number of nitrogens with zero attached hydrogens (tertiary/aromatic N) is 4. The van der Waals surface area contributed by atoms with Crippen molar-refractivity contribution in [3.05, 3.63) is 106 Å². The van der Waals surface area contributed by atoms with Crippen molar-refractivity contribution < 1.29 is 39.5 Å². The van der Waals surface area contributed by atoms with Gasteiger partial charge in [-0.15, -0.1) is 0 Å². The van der Waals surface area contributed by atoms with E-state index in [9.17, 15) is 40.1 Å².